The minimum atomic E-state index is 0.646. The third kappa shape index (κ3) is 2.32. The van der Waals surface area contributed by atoms with Crippen LogP contribution in [0.5, 0.6) is 0 Å². The van der Waals surface area contributed by atoms with E-state index in [9.17, 15) is 0 Å². The van der Waals surface area contributed by atoms with Crippen LogP contribution in [0.4, 0.5) is 0 Å². The second kappa shape index (κ2) is 4.09. The Morgan fingerprint density at radius 1 is 1.36 bits per heavy atom. The van der Waals surface area contributed by atoms with Gasteiger partial charge in [0.05, 0.1) is 0 Å². The van der Waals surface area contributed by atoms with Gasteiger partial charge in [0.2, 0.25) is 0 Å². The maximum atomic E-state index is 4.00. The van der Waals surface area contributed by atoms with Crippen LogP contribution < -0.4 is 5.32 Å². The SMILES string of the molecule is CCC1(CNCc2ccncc2)CC1. The minimum absolute atomic E-state index is 0.646. The zero-order valence-corrected chi connectivity index (χ0v) is 8.79. The fourth-order valence-electron chi connectivity index (χ4n) is 1.80. The van der Waals surface area contributed by atoms with Gasteiger partial charge in [0.25, 0.3) is 0 Å². The Hall–Kier alpha value is -0.890. The minimum Gasteiger partial charge on any atom is -0.312 e. The lowest BCUT2D eigenvalue weighted by molar-refractivity contribution is 0.443. The Bertz CT molecular complexity index is 278. The van der Waals surface area contributed by atoms with E-state index in [-0.39, 0.29) is 0 Å². The predicted octanol–water partition coefficient (Wildman–Crippen LogP) is 2.36. The first-order valence-electron chi connectivity index (χ1n) is 5.44. The lowest BCUT2D eigenvalue weighted by Crippen LogP contribution is -2.23. The van der Waals surface area contributed by atoms with Crippen molar-refractivity contribution in [2.75, 3.05) is 6.54 Å². The molecule has 0 aliphatic heterocycles. The first kappa shape index (κ1) is 9.66. The average molecular weight is 190 g/mol. The summed E-state index contributed by atoms with van der Waals surface area (Å²) in [7, 11) is 0. The van der Waals surface area contributed by atoms with Crippen molar-refractivity contribution in [3.8, 4) is 0 Å². The van der Waals surface area contributed by atoms with Crippen molar-refractivity contribution in [2.24, 2.45) is 5.41 Å². The summed E-state index contributed by atoms with van der Waals surface area (Å²) >= 11 is 0. The second-order valence-electron chi connectivity index (χ2n) is 4.31. The van der Waals surface area contributed by atoms with Crippen LogP contribution in [0.25, 0.3) is 0 Å². The van der Waals surface area contributed by atoms with Crippen LogP contribution in [0, 0.1) is 5.41 Å². The highest BCUT2D eigenvalue weighted by Gasteiger charge is 2.39. The summed E-state index contributed by atoms with van der Waals surface area (Å²) < 4.78 is 0. The van der Waals surface area contributed by atoms with Gasteiger partial charge in [-0.3, -0.25) is 4.98 Å². The van der Waals surface area contributed by atoms with E-state index in [1.54, 1.807) is 0 Å². The van der Waals surface area contributed by atoms with E-state index in [2.05, 4.69) is 29.4 Å². The smallest absolute Gasteiger partial charge is 0.0271 e. The van der Waals surface area contributed by atoms with Crippen LogP contribution >= 0.6 is 0 Å². The fourth-order valence-corrected chi connectivity index (χ4v) is 1.80. The molecule has 0 spiro atoms. The Balaban J connectivity index is 1.73. The molecule has 0 unspecified atom stereocenters. The summed E-state index contributed by atoms with van der Waals surface area (Å²) in [5.41, 5.74) is 1.97. The van der Waals surface area contributed by atoms with Gasteiger partial charge in [0.1, 0.15) is 0 Å². The normalized spacial score (nSPS) is 18.1. The Kier molecular flexibility index (Phi) is 2.82. The van der Waals surface area contributed by atoms with E-state index < -0.39 is 0 Å². The zero-order valence-electron chi connectivity index (χ0n) is 8.79. The summed E-state index contributed by atoms with van der Waals surface area (Å²) in [5.74, 6) is 0. The second-order valence-corrected chi connectivity index (χ2v) is 4.31. The Morgan fingerprint density at radius 3 is 2.64 bits per heavy atom. The van der Waals surface area contributed by atoms with E-state index in [0.29, 0.717) is 5.41 Å². The molecule has 14 heavy (non-hydrogen) atoms. The summed E-state index contributed by atoms with van der Waals surface area (Å²) in [4.78, 5) is 4.00. The molecule has 1 heterocycles. The topological polar surface area (TPSA) is 24.9 Å². The molecule has 2 nitrogen and oxygen atoms in total. The molecule has 0 aromatic carbocycles. The summed E-state index contributed by atoms with van der Waals surface area (Å²) in [5, 5.41) is 3.53. The number of nitrogens with one attached hydrogen (secondary N) is 1. The van der Waals surface area contributed by atoms with Gasteiger partial charge < -0.3 is 5.32 Å². The van der Waals surface area contributed by atoms with E-state index in [1.807, 2.05) is 12.4 Å². The van der Waals surface area contributed by atoms with Crippen molar-refractivity contribution in [1.29, 1.82) is 0 Å². The number of nitrogens with zero attached hydrogens (tertiary/aromatic N) is 1. The molecule has 1 aromatic rings. The third-order valence-electron chi connectivity index (χ3n) is 3.29. The van der Waals surface area contributed by atoms with Gasteiger partial charge in [-0.2, -0.15) is 0 Å². The molecular formula is C12H18N2. The number of hydrogen-bond donors (Lipinski definition) is 1. The lowest BCUT2D eigenvalue weighted by atomic mass is 10.0. The van der Waals surface area contributed by atoms with Gasteiger partial charge in [-0.25, -0.2) is 0 Å². The first-order valence-corrected chi connectivity index (χ1v) is 5.44. The van der Waals surface area contributed by atoms with Crippen molar-refractivity contribution < 1.29 is 0 Å². The van der Waals surface area contributed by atoms with Gasteiger partial charge in [0.15, 0.2) is 0 Å². The fraction of sp³-hybridized carbons (Fsp3) is 0.583. The molecule has 0 atom stereocenters. The molecule has 0 radical (unpaired) electrons. The molecule has 1 aliphatic carbocycles. The van der Waals surface area contributed by atoms with E-state index >= 15 is 0 Å². The van der Waals surface area contributed by atoms with Crippen molar-refractivity contribution in [2.45, 2.75) is 32.7 Å². The first-order chi connectivity index (χ1) is 6.85. The van der Waals surface area contributed by atoms with Crippen molar-refractivity contribution >= 4 is 0 Å². The number of rotatable bonds is 5. The van der Waals surface area contributed by atoms with E-state index in [0.717, 1.165) is 6.54 Å². The van der Waals surface area contributed by atoms with Crippen LogP contribution in [0.1, 0.15) is 31.7 Å². The molecular weight excluding hydrogens is 172 g/mol. The van der Waals surface area contributed by atoms with Crippen LogP contribution in [0.15, 0.2) is 24.5 Å². The molecule has 2 heteroatoms. The quantitative estimate of drug-likeness (QED) is 0.771. The van der Waals surface area contributed by atoms with Crippen LogP contribution in [0.2, 0.25) is 0 Å². The van der Waals surface area contributed by atoms with Crippen LogP contribution in [-0.2, 0) is 6.54 Å². The van der Waals surface area contributed by atoms with Crippen LogP contribution in [0.3, 0.4) is 0 Å². The summed E-state index contributed by atoms with van der Waals surface area (Å²) in [6.07, 6.45) is 7.84. The largest absolute Gasteiger partial charge is 0.312 e. The maximum Gasteiger partial charge on any atom is 0.0271 e. The molecule has 1 fully saturated rings. The number of hydrogen-bond acceptors (Lipinski definition) is 2. The van der Waals surface area contributed by atoms with Crippen molar-refractivity contribution in [1.82, 2.24) is 10.3 Å². The predicted molar refractivity (Wildman–Crippen MR) is 57.9 cm³/mol. The molecule has 0 saturated heterocycles. The molecule has 1 saturated carbocycles. The van der Waals surface area contributed by atoms with Crippen molar-refractivity contribution in [3.63, 3.8) is 0 Å². The van der Waals surface area contributed by atoms with Crippen LogP contribution in [-0.4, -0.2) is 11.5 Å². The zero-order chi connectivity index (χ0) is 9.86. The van der Waals surface area contributed by atoms with Gasteiger partial charge in [-0.05, 0) is 42.4 Å². The number of aromatic nitrogens is 1. The number of pyridine rings is 1. The molecule has 1 N–H and O–H groups in total. The monoisotopic (exact) mass is 190 g/mol. The van der Waals surface area contributed by atoms with Crippen molar-refractivity contribution in [3.05, 3.63) is 30.1 Å². The lowest BCUT2D eigenvalue weighted by Gasteiger charge is -2.13. The highest BCUT2D eigenvalue weighted by atomic mass is 14.9. The summed E-state index contributed by atoms with van der Waals surface area (Å²) in [6.45, 7) is 4.44. The molecule has 0 bridgehead atoms. The maximum absolute atomic E-state index is 4.00. The molecule has 2 rings (SSSR count). The Morgan fingerprint density at radius 2 is 2.07 bits per heavy atom. The summed E-state index contributed by atoms with van der Waals surface area (Å²) in [6, 6.07) is 4.14. The average Bonchev–Trinajstić information content (AvgIpc) is 3.00. The van der Waals surface area contributed by atoms with Gasteiger partial charge in [0, 0.05) is 25.5 Å². The van der Waals surface area contributed by atoms with Gasteiger partial charge >= 0.3 is 0 Å². The Labute approximate surface area is 85.7 Å². The van der Waals surface area contributed by atoms with E-state index in [1.165, 1.54) is 31.4 Å². The molecule has 0 amide bonds. The highest BCUT2D eigenvalue weighted by Crippen LogP contribution is 2.47. The van der Waals surface area contributed by atoms with Gasteiger partial charge in [-0.1, -0.05) is 6.92 Å². The van der Waals surface area contributed by atoms with Gasteiger partial charge in [-0.15, -0.1) is 0 Å². The molecule has 1 aliphatic rings. The van der Waals surface area contributed by atoms with E-state index in [4.69, 9.17) is 0 Å². The highest BCUT2D eigenvalue weighted by molar-refractivity contribution is 5.09. The molecule has 1 aromatic heterocycles. The third-order valence-corrected chi connectivity index (χ3v) is 3.29. The molecule has 76 valence electrons. The standard InChI is InChI=1S/C12H18N2/c1-2-12(5-6-12)10-14-9-11-3-7-13-8-4-11/h3-4,7-8,14H,2,5-6,9-10H2,1H3.